The maximum absolute atomic E-state index is 11.9. The van der Waals surface area contributed by atoms with Crippen molar-refractivity contribution in [3.05, 3.63) is 53.9 Å². The largest absolute Gasteiger partial charge is 0.398 e. The van der Waals surface area contributed by atoms with E-state index >= 15 is 0 Å². The predicted octanol–water partition coefficient (Wildman–Crippen LogP) is 2.48. The topological polar surface area (TPSA) is 68.0 Å². The molecule has 1 amide bonds. The second kappa shape index (κ2) is 5.31. The van der Waals surface area contributed by atoms with Crippen LogP contribution in [0.1, 0.15) is 23.0 Å². The lowest BCUT2D eigenvalue weighted by Crippen LogP contribution is -2.13. The summed E-state index contributed by atoms with van der Waals surface area (Å²) in [5, 5.41) is 2.77. The zero-order valence-electron chi connectivity index (χ0n) is 10.2. The van der Waals surface area contributed by atoms with Crippen LogP contribution < -0.4 is 11.1 Å². The normalized spacial score (nSPS) is 10.1. The Bertz CT molecular complexity index is 552. The second-order valence-electron chi connectivity index (χ2n) is 3.94. The van der Waals surface area contributed by atoms with Gasteiger partial charge in [0.2, 0.25) is 0 Å². The van der Waals surface area contributed by atoms with E-state index in [4.69, 9.17) is 5.73 Å². The van der Waals surface area contributed by atoms with Crippen molar-refractivity contribution in [3.8, 4) is 0 Å². The number of carbonyl (C=O) groups is 1. The van der Waals surface area contributed by atoms with E-state index in [1.807, 2.05) is 19.1 Å². The lowest BCUT2D eigenvalue weighted by atomic mass is 10.1. The molecule has 1 aromatic carbocycles. The summed E-state index contributed by atoms with van der Waals surface area (Å²) in [6, 6.07) is 10.7. The van der Waals surface area contributed by atoms with Crippen LogP contribution in [0.25, 0.3) is 0 Å². The van der Waals surface area contributed by atoms with E-state index in [0.29, 0.717) is 17.1 Å². The molecule has 4 nitrogen and oxygen atoms in total. The lowest BCUT2D eigenvalue weighted by Gasteiger charge is -2.08. The number of nitrogen functional groups attached to an aromatic ring is 1. The monoisotopic (exact) mass is 241 g/mol. The van der Waals surface area contributed by atoms with Gasteiger partial charge < -0.3 is 11.1 Å². The molecule has 0 bridgehead atoms. The number of aryl methyl sites for hydroxylation is 1. The zero-order valence-corrected chi connectivity index (χ0v) is 10.2. The van der Waals surface area contributed by atoms with Gasteiger partial charge in [0.15, 0.2) is 0 Å². The number of benzene rings is 1. The predicted molar refractivity (Wildman–Crippen MR) is 72.4 cm³/mol. The highest BCUT2D eigenvalue weighted by atomic mass is 16.1. The fraction of sp³-hybridized carbons (Fsp3) is 0.143. The first-order valence-electron chi connectivity index (χ1n) is 5.81. The maximum atomic E-state index is 11.9. The van der Waals surface area contributed by atoms with E-state index in [1.54, 1.807) is 30.5 Å². The van der Waals surface area contributed by atoms with E-state index in [-0.39, 0.29) is 5.91 Å². The smallest absolute Gasteiger partial charge is 0.274 e. The van der Waals surface area contributed by atoms with Gasteiger partial charge in [0.05, 0.1) is 0 Å². The Morgan fingerprint density at radius 2 is 2.17 bits per heavy atom. The fourth-order valence-electron chi connectivity index (χ4n) is 1.69. The molecule has 0 aliphatic carbocycles. The quantitative estimate of drug-likeness (QED) is 0.811. The minimum absolute atomic E-state index is 0.237. The van der Waals surface area contributed by atoms with Crippen LogP contribution in [0.5, 0.6) is 0 Å². The molecule has 0 radical (unpaired) electrons. The van der Waals surface area contributed by atoms with E-state index in [1.165, 1.54) is 0 Å². The van der Waals surface area contributed by atoms with Crippen LogP contribution in [0.4, 0.5) is 11.4 Å². The van der Waals surface area contributed by atoms with Gasteiger partial charge in [-0.25, -0.2) is 0 Å². The highest BCUT2D eigenvalue weighted by Crippen LogP contribution is 2.18. The Kier molecular flexibility index (Phi) is 3.57. The van der Waals surface area contributed by atoms with Gasteiger partial charge in [-0.15, -0.1) is 0 Å². The molecular formula is C14H15N3O. The first-order valence-corrected chi connectivity index (χ1v) is 5.81. The van der Waals surface area contributed by atoms with Crippen LogP contribution in [0, 0.1) is 0 Å². The summed E-state index contributed by atoms with van der Waals surface area (Å²) in [5.74, 6) is -0.237. The number of rotatable bonds is 3. The lowest BCUT2D eigenvalue weighted by molar-refractivity contribution is 0.102. The van der Waals surface area contributed by atoms with Gasteiger partial charge in [0, 0.05) is 17.6 Å². The molecule has 0 atom stereocenters. The van der Waals surface area contributed by atoms with Gasteiger partial charge in [0.1, 0.15) is 5.69 Å². The van der Waals surface area contributed by atoms with Gasteiger partial charge in [-0.3, -0.25) is 9.78 Å². The molecule has 1 heterocycles. The SMILES string of the molecule is CCc1ccc(NC(=O)c2ccccn2)cc1N. The number of hydrogen-bond acceptors (Lipinski definition) is 3. The van der Waals surface area contributed by atoms with Crippen molar-refractivity contribution in [3.63, 3.8) is 0 Å². The van der Waals surface area contributed by atoms with Crippen LogP contribution in [0.2, 0.25) is 0 Å². The molecule has 0 spiro atoms. The van der Waals surface area contributed by atoms with Gasteiger partial charge in [-0.05, 0) is 36.2 Å². The Morgan fingerprint density at radius 1 is 1.33 bits per heavy atom. The molecule has 2 aromatic rings. The number of pyridine rings is 1. The number of amides is 1. The molecule has 2 rings (SSSR count). The Hall–Kier alpha value is -2.36. The summed E-state index contributed by atoms with van der Waals surface area (Å²) >= 11 is 0. The van der Waals surface area contributed by atoms with Crippen LogP contribution in [-0.4, -0.2) is 10.9 Å². The standard InChI is InChI=1S/C14H15N3O/c1-2-10-6-7-11(9-12(10)15)17-14(18)13-5-3-4-8-16-13/h3-9H,2,15H2,1H3,(H,17,18). The Morgan fingerprint density at radius 3 is 2.78 bits per heavy atom. The summed E-state index contributed by atoms with van der Waals surface area (Å²) < 4.78 is 0. The summed E-state index contributed by atoms with van der Waals surface area (Å²) in [6.45, 7) is 2.04. The average Bonchev–Trinajstić information content (AvgIpc) is 2.40. The second-order valence-corrected chi connectivity index (χ2v) is 3.94. The highest BCUT2D eigenvalue weighted by Gasteiger charge is 2.07. The van der Waals surface area contributed by atoms with Crippen molar-refractivity contribution in [1.82, 2.24) is 4.98 Å². The first kappa shape index (κ1) is 12.1. The first-order chi connectivity index (χ1) is 8.70. The molecule has 0 aliphatic heterocycles. The van der Waals surface area contributed by atoms with Gasteiger partial charge in [-0.2, -0.15) is 0 Å². The third-order valence-electron chi connectivity index (χ3n) is 2.68. The summed E-state index contributed by atoms with van der Waals surface area (Å²) in [5.41, 5.74) is 8.71. The average molecular weight is 241 g/mol. The van der Waals surface area contributed by atoms with E-state index in [9.17, 15) is 4.79 Å². The molecular weight excluding hydrogens is 226 g/mol. The number of anilines is 2. The molecule has 4 heteroatoms. The van der Waals surface area contributed by atoms with Crippen molar-refractivity contribution < 1.29 is 4.79 Å². The summed E-state index contributed by atoms with van der Waals surface area (Å²) in [6.07, 6.45) is 2.46. The Balaban J connectivity index is 2.15. The Labute approximate surface area is 106 Å². The molecule has 0 unspecified atom stereocenters. The molecule has 0 aliphatic rings. The van der Waals surface area contributed by atoms with Crippen LogP contribution in [0.15, 0.2) is 42.6 Å². The molecule has 1 aromatic heterocycles. The van der Waals surface area contributed by atoms with Gasteiger partial charge in [-0.1, -0.05) is 19.1 Å². The van der Waals surface area contributed by atoms with Crippen LogP contribution in [-0.2, 0) is 6.42 Å². The molecule has 3 N–H and O–H groups in total. The van der Waals surface area contributed by atoms with Crippen molar-refractivity contribution in [2.75, 3.05) is 11.1 Å². The van der Waals surface area contributed by atoms with Crippen LogP contribution in [0.3, 0.4) is 0 Å². The van der Waals surface area contributed by atoms with E-state index < -0.39 is 0 Å². The molecule has 0 fully saturated rings. The van der Waals surface area contributed by atoms with Crippen molar-refractivity contribution >= 4 is 17.3 Å². The molecule has 0 saturated carbocycles. The van der Waals surface area contributed by atoms with E-state index in [0.717, 1.165) is 12.0 Å². The fourth-order valence-corrected chi connectivity index (χ4v) is 1.69. The van der Waals surface area contributed by atoms with Gasteiger partial charge in [0.25, 0.3) is 5.91 Å². The van der Waals surface area contributed by atoms with E-state index in [2.05, 4.69) is 10.3 Å². The maximum Gasteiger partial charge on any atom is 0.274 e. The van der Waals surface area contributed by atoms with Crippen LogP contribution >= 0.6 is 0 Å². The third kappa shape index (κ3) is 2.66. The summed E-state index contributed by atoms with van der Waals surface area (Å²) in [4.78, 5) is 15.9. The molecule has 18 heavy (non-hydrogen) atoms. The van der Waals surface area contributed by atoms with Crippen molar-refractivity contribution in [1.29, 1.82) is 0 Å². The summed E-state index contributed by atoms with van der Waals surface area (Å²) in [7, 11) is 0. The van der Waals surface area contributed by atoms with Gasteiger partial charge >= 0.3 is 0 Å². The number of nitrogens with one attached hydrogen (secondary N) is 1. The number of carbonyl (C=O) groups excluding carboxylic acids is 1. The molecule has 0 saturated heterocycles. The van der Waals surface area contributed by atoms with Crippen molar-refractivity contribution in [2.24, 2.45) is 0 Å². The minimum Gasteiger partial charge on any atom is -0.398 e. The highest BCUT2D eigenvalue weighted by molar-refractivity contribution is 6.03. The number of nitrogens with two attached hydrogens (primary N) is 1. The van der Waals surface area contributed by atoms with Crippen molar-refractivity contribution in [2.45, 2.75) is 13.3 Å². The zero-order chi connectivity index (χ0) is 13.0. The number of hydrogen-bond donors (Lipinski definition) is 2. The molecule has 92 valence electrons. The number of aromatic nitrogens is 1. The minimum atomic E-state index is -0.237. The number of nitrogens with zero attached hydrogens (tertiary/aromatic N) is 1. The third-order valence-corrected chi connectivity index (χ3v) is 2.68.